The molecule has 14 heavy (non-hydrogen) atoms. The first-order chi connectivity index (χ1) is 6.21. The summed E-state index contributed by atoms with van der Waals surface area (Å²) >= 11 is 0. The second-order valence-corrected chi connectivity index (χ2v) is 4.21. The second kappa shape index (κ2) is 4.86. The van der Waals surface area contributed by atoms with Crippen LogP contribution in [-0.2, 0) is 9.36 Å². The van der Waals surface area contributed by atoms with E-state index in [0.717, 1.165) is 6.92 Å². The summed E-state index contributed by atoms with van der Waals surface area (Å²) in [4.78, 5) is 28.6. The number of hydrogen-bond donors (Lipinski definition) is 4. The first-order valence-corrected chi connectivity index (χ1v) is 5.53. The molecule has 0 aromatic heterocycles. The van der Waals surface area contributed by atoms with E-state index < -0.39 is 26.0 Å². The number of aliphatic hydroxyl groups excluding tert-OH is 2. The zero-order valence-electron chi connectivity index (χ0n) is 7.86. The summed E-state index contributed by atoms with van der Waals surface area (Å²) in [7, 11) is -4.88. The Hall–Kier alpha value is -0.460. The van der Waals surface area contributed by atoms with Gasteiger partial charge in [-0.3, -0.25) is 4.79 Å². The largest absolute Gasteiger partial charge is 0.434 e. The Morgan fingerprint density at radius 2 is 1.86 bits per heavy atom. The Bertz CT molecular complexity index is 249. The number of carbonyl (C=O) groups excluding carboxylic acids is 1. The standard InChI is InChI=1S/C6H14NO6P/c1-3-5(9)6(10)7(4(2)8)14(11,12)13/h4-5,8-9H,3H2,1-2H3,(H2,11,12,13). The van der Waals surface area contributed by atoms with Crippen LogP contribution < -0.4 is 0 Å². The Morgan fingerprint density at radius 1 is 1.43 bits per heavy atom. The molecular weight excluding hydrogens is 213 g/mol. The topological polar surface area (TPSA) is 118 Å². The average molecular weight is 227 g/mol. The lowest BCUT2D eigenvalue weighted by molar-refractivity contribution is -0.142. The van der Waals surface area contributed by atoms with Crippen LogP contribution in [0.3, 0.4) is 0 Å². The normalized spacial score (nSPS) is 16.1. The zero-order chi connectivity index (χ0) is 11.5. The van der Waals surface area contributed by atoms with Crippen molar-refractivity contribution in [2.45, 2.75) is 32.6 Å². The highest BCUT2D eigenvalue weighted by molar-refractivity contribution is 7.50. The monoisotopic (exact) mass is 227 g/mol. The van der Waals surface area contributed by atoms with Gasteiger partial charge in [0.05, 0.1) is 0 Å². The van der Waals surface area contributed by atoms with Crippen LogP contribution in [0.1, 0.15) is 20.3 Å². The minimum atomic E-state index is -4.88. The smallest absolute Gasteiger partial charge is 0.383 e. The molecule has 0 fully saturated rings. The minimum Gasteiger partial charge on any atom is -0.383 e. The quantitative estimate of drug-likeness (QED) is 0.362. The maximum atomic E-state index is 11.2. The molecule has 7 nitrogen and oxygen atoms in total. The first kappa shape index (κ1) is 13.5. The molecule has 0 aliphatic heterocycles. The molecule has 0 aliphatic rings. The number of amides is 1. The summed E-state index contributed by atoms with van der Waals surface area (Å²) in [6, 6.07) is 0. The van der Waals surface area contributed by atoms with Crippen molar-refractivity contribution >= 4 is 13.7 Å². The summed E-state index contributed by atoms with van der Waals surface area (Å²) in [5.74, 6) is -1.18. The van der Waals surface area contributed by atoms with E-state index in [-0.39, 0.29) is 11.1 Å². The van der Waals surface area contributed by atoms with E-state index in [9.17, 15) is 9.36 Å². The number of rotatable bonds is 4. The van der Waals surface area contributed by atoms with Gasteiger partial charge in [-0.1, -0.05) is 6.92 Å². The summed E-state index contributed by atoms with van der Waals surface area (Å²) in [5.41, 5.74) is 0. The molecule has 2 unspecified atom stereocenters. The molecule has 8 heteroatoms. The van der Waals surface area contributed by atoms with Gasteiger partial charge in [-0.25, -0.2) is 9.24 Å². The van der Waals surface area contributed by atoms with Gasteiger partial charge in [-0.2, -0.15) is 0 Å². The third kappa shape index (κ3) is 3.36. The summed E-state index contributed by atoms with van der Waals surface area (Å²) in [6.45, 7) is 2.50. The molecule has 0 aromatic carbocycles. The number of nitrogens with zero attached hydrogens (tertiary/aromatic N) is 1. The molecule has 0 rings (SSSR count). The lowest BCUT2D eigenvalue weighted by atomic mass is 10.2. The fourth-order valence-electron chi connectivity index (χ4n) is 0.858. The van der Waals surface area contributed by atoms with Gasteiger partial charge in [0, 0.05) is 0 Å². The van der Waals surface area contributed by atoms with Crippen molar-refractivity contribution in [3.63, 3.8) is 0 Å². The van der Waals surface area contributed by atoms with Crippen LogP contribution in [0, 0.1) is 0 Å². The lowest BCUT2D eigenvalue weighted by Crippen LogP contribution is -2.41. The van der Waals surface area contributed by atoms with Crippen molar-refractivity contribution in [3.8, 4) is 0 Å². The molecule has 0 bridgehead atoms. The molecule has 1 amide bonds. The Balaban J connectivity index is 4.86. The van der Waals surface area contributed by atoms with Crippen LogP contribution in [0.15, 0.2) is 0 Å². The summed E-state index contributed by atoms with van der Waals surface area (Å²) in [5, 5.41) is 18.0. The molecule has 0 spiro atoms. The molecule has 0 saturated carbocycles. The number of carbonyl (C=O) groups is 1. The molecule has 0 heterocycles. The van der Waals surface area contributed by atoms with E-state index in [1.807, 2.05) is 0 Å². The predicted octanol–water partition coefficient (Wildman–Crippen LogP) is -0.983. The average Bonchev–Trinajstić information content (AvgIpc) is 1.99. The van der Waals surface area contributed by atoms with Gasteiger partial charge in [0.25, 0.3) is 5.91 Å². The summed E-state index contributed by atoms with van der Waals surface area (Å²) in [6.07, 6.45) is -3.15. The fourth-order valence-corrected chi connectivity index (χ4v) is 1.68. The van der Waals surface area contributed by atoms with E-state index >= 15 is 0 Å². The molecule has 0 radical (unpaired) electrons. The van der Waals surface area contributed by atoms with Crippen LogP contribution in [0.25, 0.3) is 0 Å². The third-order valence-electron chi connectivity index (χ3n) is 1.53. The second-order valence-electron chi connectivity index (χ2n) is 2.75. The predicted molar refractivity (Wildman–Crippen MR) is 46.9 cm³/mol. The van der Waals surface area contributed by atoms with Crippen LogP contribution in [0.2, 0.25) is 0 Å². The van der Waals surface area contributed by atoms with Crippen molar-refractivity contribution in [3.05, 3.63) is 0 Å². The molecule has 84 valence electrons. The van der Waals surface area contributed by atoms with Gasteiger partial charge >= 0.3 is 7.75 Å². The van der Waals surface area contributed by atoms with Crippen molar-refractivity contribution in [1.29, 1.82) is 0 Å². The van der Waals surface area contributed by atoms with Gasteiger partial charge in [0.1, 0.15) is 12.3 Å². The van der Waals surface area contributed by atoms with E-state index in [0.29, 0.717) is 0 Å². The Kier molecular flexibility index (Phi) is 4.70. The van der Waals surface area contributed by atoms with E-state index in [1.54, 1.807) is 0 Å². The van der Waals surface area contributed by atoms with Crippen molar-refractivity contribution in [2.75, 3.05) is 0 Å². The minimum absolute atomic E-state index is 0.0159. The van der Waals surface area contributed by atoms with Crippen LogP contribution in [-0.4, -0.2) is 42.9 Å². The van der Waals surface area contributed by atoms with E-state index in [4.69, 9.17) is 20.0 Å². The van der Waals surface area contributed by atoms with Gasteiger partial charge in [-0.15, -0.1) is 0 Å². The Labute approximate surface area is 81.2 Å². The first-order valence-electron chi connectivity index (χ1n) is 3.97. The highest BCUT2D eigenvalue weighted by atomic mass is 31.2. The van der Waals surface area contributed by atoms with Crippen LogP contribution in [0.5, 0.6) is 0 Å². The van der Waals surface area contributed by atoms with E-state index in [2.05, 4.69) is 0 Å². The molecular formula is C6H14NO6P. The zero-order valence-corrected chi connectivity index (χ0v) is 8.76. The Morgan fingerprint density at radius 3 is 2.07 bits per heavy atom. The van der Waals surface area contributed by atoms with Gasteiger partial charge in [-0.05, 0) is 13.3 Å². The van der Waals surface area contributed by atoms with Crippen molar-refractivity contribution in [2.24, 2.45) is 0 Å². The van der Waals surface area contributed by atoms with Gasteiger partial charge < -0.3 is 20.0 Å². The maximum absolute atomic E-state index is 11.2. The molecule has 2 atom stereocenters. The molecule has 4 N–H and O–H groups in total. The van der Waals surface area contributed by atoms with Crippen LogP contribution in [0.4, 0.5) is 0 Å². The van der Waals surface area contributed by atoms with Crippen LogP contribution >= 0.6 is 7.75 Å². The lowest BCUT2D eigenvalue weighted by Gasteiger charge is -2.27. The number of hydrogen-bond acceptors (Lipinski definition) is 4. The van der Waals surface area contributed by atoms with Crippen molar-refractivity contribution in [1.82, 2.24) is 4.67 Å². The van der Waals surface area contributed by atoms with E-state index in [1.165, 1.54) is 6.92 Å². The highest BCUT2D eigenvalue weighted by Crippen LogP contribution is 2.41. The third-order valence-corrected chi connectivity index (χ3v) is 2.62. The molecule has 0 saturated heterocycles. The van der Waals surface area contributed by atoms with Crippen molar-refractivity contribution < 1.29 is 29.4 Å². The molecule has 0 aliphatic carbocycles. The fraction of sp³-hybridized carbons (Fsp3) is 0.833. The number of aliphatic hydroxyl groups is 2. The highest BCUT2D eigenvalue weighted by Gasteiger charge is 2.36. The summed E-state index contributed by atoms with van der Waals surface area (Å²) < 4.78 is 10.7. The van der Waals surface area contributed by atoms with Gasteiger partial charge in [0.15, 0.2) is 0 Å². The SMILES string of the molecule is CCC(O)C(=O)N(C(C)O)P(=O)(O)O. The van der Waals surface area contributed by atoms with Gasteiger partial charge in [0.2, 0.25) is 0 Å². The molecule has 0 aromatic rings. The maximum Gasteiger partial charge on any atom is 0.434 e.